The van der Waals surface area contributed by atoms with Crippen LogP contribution in [0.15, 0.2) is 48.4 Å². The smallest absolute Gasteiger partial charge is 0.454 e. The number of alkyl halides is 3. The molecule has 0 radical (unpaired) electrons. The summed E-state index contributed by atoms with van der Waals surface area (Å²) in [4.78, 5) is 10.9. The van der Waals surface area contributed by atoms with E-state index in [1.807, 2.05) is 30.3 Å². The van der Waals surface area contributed by atoms with Gasteiger partial charge in [0.2, 0.25) is 0 Å². The highest BCUT2D eigenvalue weighted by Gasteiger charge is 2.37. The molecule has 0 aliphatic heterocycles. The second-order valence-corrected chi connectivity index (χ2v) is 4.34. The third-order valence-corrected chi connectivity index (χ3v) is 2.76. The summed E-state index contributed by atoms with van der Waals surface area (Å²) in [5, 5.41) is 7.73. The van der Waals surface area contributed by atoms with Crippen molar-refractivity contribution in [3.05, 3.63) is 48.4 Å². The van der Waals surface area contributed by atoms with Gasteiger partial charge in [0.1, 0.15) is 18.0 Å². The van der Waals surface area contributed by atoms with E-state index in [0.29, 0.717) is 11.8 Å². The first-order chi connectivity index (χ1) is 10.4. The van der Waals surface area contributed by atoms with Crippen molar-refractivity contribution in [3.63, 3.8) is 0 Å². The van der Waals surface area contributed by atoms with Crippen molar-refractivity contribution in [3.8, 4) is 11.3 Å². The van der Waals surface area contributed by atoms with Crippen LogP contribution in [-0.4, -0.2) is 34.1 Å². The van der Waals surface area contributed by atoms with Crippen LogP contribution < -0.4 is 0 Å². The fourth-order valence-electron chi connectivity index (χ4n) is 1.67. The Morgan fingerprint density at radius 2 is 2.00 bits per heavy atom. The molecule has 0 amide bonds. The van der Waals surface area contributed by atoms with E-state index in [0.717, 1.165) is 5.56 Å². The molecule has 0 spiro atoms. The summed E-state index contributed by atoms with van der Waals surface area (Å²) in [7, 11) is 1.19. The van der Waals surface area contributed by atoms with Crippen LogP contribution in [-0.2, 0) is 16.1 Å². The molecular weight excluding hydrogens is 299 g/mol. The largest absolute Gasteiger partial charge is 0.499 e. The van der Waals surface area contributed by atoms with Crippen molar-refractivity contribution in [2.45, 2.75) is 12.7 Å². The number of carbonyl (C=O) groups excluding carboxylic acids is 1. The Labute approximate surface area is 124 Å². The van der Waals surface area contributed by atoms with Gasteiger partial charge >= 0.3 is 6.18 Å². The van der Waals surface area contributed by atoms with Crippen molar-refractivity contribution in [2.75, 3.05) is 7.11 Å². The van der Waals surface area contributed by atoms with Gasteiger partial charge in [-0.25, -0.2) is 4.68 Å². The lowest BCUT2D eigenvalue weighted by Gasteiger charge is -2.06. The molecule has 5 nitrogen and oxygen atoms in total. The van der Waals surface area contributed by atoms with Crippen molar-refractivity contribution in [2.24, 2.45) is 0 Å². The van der Waals surface area contributed by atoms with E-state index in [1.54, 1.807) is 6.20 Å². The number of hydrogen-bond acceptors (Lipinski definition) is 4. The van der Waals surface area contributed by atoms with Gasteiger partial charge in [0, 0.05) is 11.6 Å². The van der Waals surface area contributed by atoms with Crippen LogP contribution in [0.4, 0.5) is 13.2 Å². The number of halogens is 3. The van der Waals surface area contributed by atoms with Gasteiger partial charge < -0.3 is 4.74 Å². The zero-order valence-corrected chi connectivity index (χ0v) is 11.5. The topological polar surface area (TPSA) is 57.0 Å². The van der Waals surface area contributed by atoms with Gasteiger partial charge in [-0.2, -0.15) is 13.2 Å². The number of hydrogen-bond donors (Lipinski definition) is 0. The number of carbonyl (C=O) groups is 1. The standard InChI is InChI=1S/C14H12F3N3O2/c1-22-11(7-13(21)14(15,16)17)8-20-9-12(18-19-20)10-5-3-2-4-6-10/h2-7,9H,8H2,1H3/b11-7+. The van der Waals surface area contributed by atoms with E-state index < -0.39 is 12.0 Å². The predicted molar refractivity (Wildman–Crippen MR) is 71.6 cm³/mol. The first-order valence-corrected chi connectivity index (χ1v) is 6.21. The molecule has 0 bridgehead atoms. The lowest BCUT2D eigenvalue weighted by molar-refractivity contribution is -0.165. The summed E-state index contributed by atoms with van der Waals surface area (Å²) in [6.07, 6.45) is -2.97. The highest BCUT2D eigenvalue weighted by atomic mass is 19.4. The third-order valence-electron chi connectivity index (χ3n) is 2.76. The van der Waals surface area contributed by atoms with Crippen molar-refractivity contribution in [1.82, 2.24) is 15.0 Å². The number of nitrogens with zero attached hydrogens (tertiary/aromatic N) is 3. The van der Waals surface area contributed by atoms with Crippen molar-refractivity contribution < 1.29 is 22.7 Å². The number of benzene rings is 1. The fourth-order valence-corrected chi connectivity index (χ4v) is 1.67. The maximum atomic E-state index is 12.2. The van der Waals surface area contributed by atoms with E-state index in [1.165, 1.54) is 11.8 Å². The molecule has 22 heavy (non-hydrogen) atoms. The zero-order valence-electron chi connectivity index (χ0n) is 11.5. The molecule has 0 saturated carbocycles. The number of methoxy groups -OCH3 is 1. The molecule has 116 valence electrons. The minimum Gasteiger partial charge on any atom is -0.499 e. The second kappa shape index (κ2) is 6.42. The molecule has 1 heterocycles. The molecule has 0 atom stereocenters. The quantitative estimate of drug-likeness (QED) is 0.629. The summed E-state index contributed by atoms with van der Waals surface area (Å²) in [5.41, 5.74) is 1.39. The number of ketones is 1. The van der Waals surface area contributed by atoms with E-state index in [9.17, 15) is 18.0 Å². The Hall–Kier alpha value is -2.64. The van der Waals surface area contributed by atoms with Gasteiger partial charge in [-0.1, -0.05) is 35.5 Å². The first-order valence-electron chi connectivity index (χ1n) is 6.21. The Morgan fingerprint density at radius 3 is 2.59 bits per heavy atom. The highest BCUT2D eigenvalue weighted by Crippen LogP contribution is 2.19. The molecule has 0 aliphatic carbocycles. The van der Waals surface area contributed by atoms with Crippen LogP contribution in [0.1, 0.15) is 0 Å². The zero-order chi connectivity index (χ0) is 16.2. The van der Waals surface area contributed by atoms with E-state index >= 15 is 0 Å². The molecule has 0 unspecified atom stereocenters. The van der Waals surface area contributed by atoms with Crippen molar-refractivity contribution in [1.29, 1.82) is 0 Å². The second-order valence-electron chi connectivity index (χ2n) is 4.34. The molecule has 0 N–H and O–H groups in total. The Balaban J connectivity index is 2.15. The van der Waals surface area contributed by atoms with Crippen LogP contribution in [0.3, 0.4) is 0 Å². The first kappa shape index (κ1) is 15.7. The molecule has 1 aromatic heterocycles. The Morgan fingerprint density at radius 1 is 1.32 bits per heavy atom. The maximum absolute atomic E-state index is 12.2. The van der Waals surface area contributed by atoms with Gasteiger partial charge in [0.15, 0.2) is 0 Å². The average molecular weight is 311 g/mol. The van der Waals surface area contributed by atoms with Crippen LogP contribution in [0, 0.1) is 0 Å². The normalized spacial score (nSPS) is 12.3. The molecule has 0 aliphatic rings. The molecule has 2 aromatic rings. The highest BCUT2D eigenvalue weighted by molar-refractivity contribution is 5.94. The third kappa shape index (κ3) is 3.94. The van der Waals surface area contributed by atoms with Crippen LogP contribution >= 0.6 is 0 Å². The Kier molecular flexibility index (Phi) is 4.59. The van der Waals surface area contributed by atoms with Gasteiger partial charge in [0.05, 0.1) is 13.3 Å². The minimum atomic E-state index is -4.93. The summed E-state index contributed by atoms with van der Waals surface area (Å²) in [5.74, 6) is -2.14. The number of rotatable bonds is 5. The van der Waals surface area contributed by atoms with E-state index in [-0.39, 0.29) is 12.3 Å². The fraction of sp³-hybridized carbons (Fsp3) is 0.214. The molecule has 0 saturated heterocycles. The average Bonchev–Trinajstić information content (AvgIpc) is 2.95. The summed E-state index contributed by atoms with van der Waals surface area (Å²) in [6.45, 7) is -0.127. The van der Waals surface area contributed by atoms with Crippen molar-refractivity contribution >= 4 is 5.78 Å². The Bertz CT molecular complexity index is 678. The molecule has 2 rings (SSSR count). The van der Waals surface area contributed by atoms with Crippen LogP contribution in [0.25, 0.3) is 11.3 Å². The van der Waals surface area contributed by atoms with Crippen LogP contribution in [0.2, 0.25) is 0 Å². The lowest BCUT2D eigenvalue weighted by atomic mass is 10.2. The predicted octanol–water partition coefficient (Wildman–Crippen LogP) is 2.61. The summed E-state index contributed by atoms with van der Waals surface area (Å²) in [6, 6.07) is 9.17. The minimum absolute atomic E-state index is 0.127. The van der Waals surface area contributed by atoms with Gasteiger partial charge in [-0.3, -0.25) is 4.79 Å². The lowest BCUT2D eigenvalue weighted by Crippen LogP contribution is -2.21. The summed E-state index contributed by atoms with van der Waals surface area (Å²) >= 11 is 0. The van der Waals surface area contributed by atoms with Gasteiger partial charge in [0.25, 0.3) is 5.78 Å². The molecule has 8 heteroatoms. The monoisotopic (exact) mass is 311 g/mol. The summed E-state index contributed by atoms with van der Waals surface area (Å²) < 4.78 is 42.8. The number of ether oxygens (including phenoxy) is 1. The molecule has 1 aromatic carbocycles. The van der Waals surface area contributed by atoms with Gasteiger partial charge in [-0.15, -0.1) is 5.10 Å². The van der Waals surface area contributed by atoms with Crippen LogP contribution in [0.5, 0.6) is 0 Å². The number of aromatic nitrogens is 3. The number of allylic oxidation sites excluding steroid dienone is 2. The maximum Gasteiger partial charge on any atom is 0.454 e. The molecule has 0 fully saturated rings. The SMILES string of the molecule is CO/C(=C/C(=O)C(F)(F)F)Cn1cc(-c2ccccc2)nn1. The van der Waals surface area contributed by atoms with E-state index in [2.05, 4.69) is 10.3 Å². The van der Waals surface area contributed by atoms with Gasteiger partial charge in [-0.05, 0) is 0 Å². The molecular formula is C14H12F3N3O2. The van der Waals surface area contributed by atoms with E-state index in [4.69, 9.17) is 4.74 Å².